The zero-order valence-corrected chi connectivity index (χ0v) is 9.53. The third-order valence-corrected chi connectivity index (χ3v) is 2.97. The second-order valence-corrected chi connectivity index (χ2v) is 4.55. The molecule has 0 aromatic carbocycles. The molecule has 0 bridgehead atoms. The number of nitrogens with zero attached hydrogens (tertiary/aromatic N) is 4. The van der Waals surface area contributed by atoms with Crippen LogP contribution in [0, 0.1) is 5.41 Å². The van der Waals surface area contributed by atoms with E-state index in [1.54, 1.807) is 0 Å². The van der Waals surface area contributed by atoms with Gasteiger partial charge in [-0.2, -0.15) is 4.80 Å². The Balaban J connectivity index is 1.83. The van der Waals surface area contributed by atoms with Crippen molar-refractivity contribution in [2.24, 2.45) is 12.5 Å². The fourth-order valence-electron chi connectivity index (χ4n) is 1.85. The molecule has 5 heteroatoms. The Morgan fingerprint density at radius 1 is 1.47 bits per heavy atom. The van der Waals surface area contributed by atoms with Crippen molar-refractivity contribution in [3.8, 4) is 0 Å². The Kier molecular flexibility index (Phi) is 3.00. The molecular formula is C10H19N5. The number of hydrogen-bond donors (Lipinski definition) is 1. The van der Waals surface area contributed by atoms with Gasteiger partial charge in [-0.05, 0) is 36.4 Å². The molecule has 0 saturated heterocycles. The molecule has 15 heavy (non-hydrogen) atoms. The summed E-state index contributed by atoms with van der Waals surface area (Å²) in [6.45, 7) is 4.39. The highest BCUT2D eigenvalue weighted by Crippen LogP contribution is 2.47. The molecule has 5 nitrogen and oxygen atoms in total. The maximum absolute atomic E-state index is 4.23. The minimum Gasteiger partial charge on any atom is -0.316 e. The molecular weight excluding hydrogens is 190 g/mol. The van der Waals surface area contributed by atoms with Gasteiger partial charge < -0.3 is 5.32 Å². The zero-order valence-electron chi connectivity index (χ0n) is 9.53. The maximum Gasteiger partial charge on any atom is 0.175 e. The van der Waals surface area contributed by atoms with Gasteiger partial charge in [0.1, 0.15) is 0 Å². The second-order valence-electron chi connectivity index (χ2n) is 4.55. The number of aryl methyl sites for hydroxylation is 1. The fourth-order valence-corrected chi connectivity index (χ4v) is 1.85. The van der Waals surface area contributed by atoms with Crippen LogP contribution in [0.5, 0.6) is 0 Å². The molecule has 0 atom stereocenters. The third-order valence-electron chi connectivity index (χ3n) is 2.97. The van der Waals surface area contributed by atoms with Crippen LogP contribution in [-0.2, 0) is 13.5 Å². The Morgan fingerprint density at radius 2 is 2.27 bits per heavy atom. The van der Waals surface area contributed by atoms with Crippen LogP contribution < -0.4 is 5.32 Å². The first-order valence-corrected chi connectivity index (χ1v) is 5.68. The van der Waals surface area contributed by atoms with Gasteiger partial charge in [0.25, 0.3) is 0 Å². The van der Waals surface area contributed by atoms with Crippen molar-refractivity contribution in [2.75, 3.05) is 13.1 Å². The molecule has 2 rings (SSSR count). The summed E-state index contributed by atoms with van der Waals surface area (Å²) in [6, 6.07) is 0. The minimum absolute atomic E-state index is 0.429. The number of aromatic nitrogens is 4. The predicted molar refractivity (Wildman–Crippen MR) is 57.3 cm³/mol. The van der Waals surface area contributed by atoms with Crippen molar-refractivity contribution >= 4 is 0 Å². The molecule has 1 saturated carbocycles. The SMILES string of the molecule is CCCNCC1(Cc2nnn(C)n2)CC1. The molecule has 0 radical (unpaired) electrons. The summed E-state index contributed by atoms with van der Waals surface area (Å²) >= 11 is 0. The summed E-state index contributed by atoms with van der Waals surface area (Å²) in [5.41, 5.74) is 0.429. The van der Waals surface area contributed by atoms with Crippen molar-refractivity contribution in [2.45, 2.75) is 32.6 Å². The van der Waals surface area contributed by atoms with E-state index in [0.29, 0.717) is 5.41 Å². The highest BCUT2D eigenvalue weighted by atomic mass is 15.6. The summed E-state index contributed by atoms with van der Waals surface area (Å²) < 4.78 is 0. The van der Waals surface area contributed by atoms with E-state index >= 15 is 0 Å². The smallest absolute Gasteiger partial charge is 0.175 e. The Morgan fingerprint density at radius 3 is 2.80 bits per heavy atom. The normalized spacial score (nSPS) is 18.0. The molecule has 1 fully saturated rings. The zero-order chi connectivity index (χ0) is 10.7. The highest BCUT2D eigenvalue weighted by molar-refractivity contribution is 5.01. The number of nitrogens with one attached hydrogen (secondary N) is 1. The first-order valence-electron chi connectivity index (χ1n) is 5.68. The lowest BCUT2D eigenvalue weighted by atomic mass is 10.0. The van der Waals surface area contributed by atoms with E-state index in [9.17, 15) is 0 Å². The highest BCUT2D eigenvalue weighted by Gasteiger charge is 2.43. The van der Waals surface area contributed by atoms with E-state index in [2.05, 4.69) is 27.7 Å². The Bertz CT molecular complexity index is 315. The number of hydrogen-bond acceptors (Lipinski definition) is 4. The van der Waals surface area contributed by atoms with Crippen LogP contribution >= 0.6 is 0 Å². The van der Waals surface area contributed by atoms with E-state index in [-0.39, 0.29) is 0 Å². The molecule has 0 amide bonds. The van der Waals surface area contributed by atoms with Crippen molar-refractivity contribution in [1.82, 2.24) is 25.5 Å². The predicted octanol–water partition coefficient (Wildman–Crippen LogP) is 0.532. The van der Waals surface area contributed by atoms with Gasteiger partial charge in [0.15, 0.2) is 5.82 Å². The van der Waals surface area contributed by atoms with Crippen LogP contribution in [0.2, 0.25) is 0 Å². The Hall–Kier alpha value is -0.970. The standard InChI is InChI=1S/C10H19N5/c1-3-6-11-8-10(4-5-10)7-9-12-14-15(2)13-9/h11H,3-8H2,1-2H3. The number of rotatable bonds is 6. The molecule has 1 heterocycles. The Labute approximate surface area is 90.2 Å². The summed E-state index contributed by atoms with van der Waals surface area (Å²) in [6.07, 6.45) is 4.75. The molecule has 1 N–H and O–H groups in total. The van der Waals surface area contributed by atoms with E-state index < -0.39 is 0 Å². The van der Waals surface area contributed by atoms with Gasteiger partial charge in [-0.15, -0.1) is 10.2 Å². The minimum atomic E-state index is 0.429. The van der Waals surface area contributed by atoms with Gasteiger partial charge in [0, 0.05) is 13.0 Å². The first-order chi connectivity index (χ1) is 7.24. The molecule has 0 unspecified atom stereocenters. The molecule has 84 valence electrons. The van der Waals surface area contributed by atoms with Crippen LogP contribution in [0.25, 0.3) is 0 Å². The molecule has 0 aliphatic heterocycles. The lowest BCUT2D eigenvalue weighted by Crippen LogP contribution is -2.26. The van der Waals surface area contributed by atoms with Crippen molar-refractivity contribution in [3.05, 3.63) is 5.82 Å². The van der Waals surface area contributed by atoms with Gasteiger partial charge in [0.2, 0.25) is 0 Å². The van der Waals surface area contributed by atoms with Crippen molar-refractivity contribution in [1.29, 1.82) is 0 Å². The average Bonchev–Trinajstić information content (AvgIpc) is 2.84. The van der Waals surface area contributed by atoms with Gasteiger partial charge in [-0.1, -0.05) is 6.92 Å². The van der Waals surface area contributed by atoms with Crippen LogP contribution in [-0.4, -0.2) is 33.3 Å². The topological polar surface area (TPSA) is 55.6 Å². The summed E-state index contributed by atoms with van der Waals surface area (Å²) in [4.78, 5) is 1.53. The second kappa shape index (κ2) is 4.26. The summed E-state index contributed by atoms with van der Waals surface area (Å²) in [5, 5.41) is 15.6. The molecule has 0 spiro atoms. The van der Waals surface area contributed by atoms with Gasteiger partial charge in [0.05, 0.1) is 7.05 Å². The van der Waals surface area contributed by atoms with Gasteiger partial charge in [-0.25, -0.2) is 0 Å². The van der Waals surface area contributed by atoms with E-state index in [4.69, 9.17) is 0 Å². The lowest BCUT2D eigenvalue weighted by molar-refractivity contribution is 0.445. The molecule has 1 aromatic rings. The monoisotopic (exact) mass is 209 g/mol. The van der Waals surface area contributed by atoms with Crippen LogP contribution in [0.4, 0.5) is 0 Å². The average molecular weight is 209 g/mol. The summed E-state index contributed by atoms with van der Waals surface area (Å²) in [5.74, 6) is 0.883. The molecule has 1 aliphatic carbocycles. The van der Waals surface area contributed by atoms with Crippen LogP contribution in [0.1, 0.15) is 32.0 Å². The van der Waals surface area contributed by atoms with Crippen molar-refractivity contribution < 1.29 is 0 Å². The molecule has 1 aliphatic rings. The largest absolute Gasteiger partial charge is 0.316 e. The third kappa shape index (κ3) is 2.75. The van der Waals surface area contributed by atoms with Crippen molar-refractivity contribution in [3.63, 3.8) is 0 Å². The lowest BCUT2D eigenvalue weighted by Gasteiger charge is -2.13. The van der Waals surface area contributed by atoms with Crippen LogP contribution in [0.3, 0.4) is 0 Å². The summed E-state index contributed by atoms with van der Waals surface area (Å²) in [7, 11) is 1.81. The van der Waals surface area contributed by atoms with Gasteiger partial charge >= 0.3 is 0 Å². The fraction of sp³-hybridized carbons (Fsp3) is 0.900. The van der Waals surface area contributed by atoms with Crippen LogP contribution in [0.15, 0.2) is 0 Å². The quantitative estimate of drug-likeness (QED) is 0.694. The maximum atomic E-state index is 4.23. The number of tetrazole rings is 1. The van der Waals surface area contributed by atoms with E-state index in [1.165, 1.54) is 24.1 Å². The van der Waals surface area contributed by atoms with Gasteiger partial charge in [-0.3, -0.25) is 0 Å². The van der Waals surface area contributed by atoms with E-state index in [1.807, 2.05) is 7.05 Å². The first kappa shape index (κ1) is 10.5. The van der Waals surface area contributed by atoms with E-state index in [0.717, 1.165) is 25.3 Å². The molecule has 1 aromatic heterocycles.